The number of carbonyl (C=O) groups excluding carboxylic acids is 1. The number of phenolic OH excluding ortho intramolecular Hbond substituents is 1. The molecule has 108 valence electrons. The molecular formula is C16H14INO3. The van der Waals surface area contributed by atoms with Crippen LogP contribution in [0.3, 0.4) is 0 Å². The number of para-hydroxylation sites is 1. The van der Waals surface area contributed by atoms with Gasteiger partial charge in [0.05, 0.1) is 16.2 Å². The monoisotopic (exact) mass is 395 g/mol. The van der Waals surface area contributed by atoms with Gasteiger partial charge in [0.25, 0.3) is 5.91 Å². The zero-order chi connectivity index (χ0) is 14.8. The third-order valence-electron chi connectivity index (χ3n) is 3.47. The molecule has 1 amide bonds. The number of hydrogen-bond donors (Lipinski definition) is 2. The van der Waals surface area contributed by atoms with Crippen molar-refractivity contribution in [3.05, 3.63) is 57.2 Å². The first-order valence-corrected chi connectivity index (χ1v) is 7.74. The number of nitrogens with one attached hydrogen (secondary N) is 1. The maximum Gasteiger partial charge on any atom is 0.251 e. The molecule has 3 rings (SSSR count). The highest BCUT2D eigenvalue weighted by molar-refractivity contribution is 14.1. The van der Waals surface area contributed by atoms with Crippen LogP contribution < -0.4 is 10.1 Å². The summed E-state index contributed by atoms with van der Waals surface area (Å²) in [7, 11) is 0. The van der Waals surface area contributed by atoms with E-state index in [1.165, 1.54) is 6.07 Å². The van der Waals surface area contributed by atoms with Crippen molar-refractivity contribution in [2.24, 2.45) is 0 Å². The lowest BCUT2D eigenvalue weighted by Crippen LogP contribution is -2.32. The van der Waals surface area contributed by atoms with E-state index in [2.05, 4.69) is 5.32 Å². The number of amides is 1. The van der Waals surface area contributed by atoms with Crippen LogP contribution in [0.25, 0.3) is 0 Å². The first kappa shape index (κ1) is 14.2. The molecular weight excluding hydrogens is 381 g/mol. The predicted molar refractivity (Wildman–Crippen MR) is 87.6 cm³/mol. The van der Waals surface area contributed by atoms with Crippen LogP contribution in [0.5, 0.6) is 11.5 Å². The number of phenols is 1. The Kier molecular flexibility index (Phi) is 4.01. The molecule has 2 N–H and O–H groups in total. The molecule has 0 fully saturated rings. The van der Waals surface area contributed by atoms with Gasteiger partial charge in [0.2, 0.25) is 0 Å². The second-order valence-corrected chi connectivity index (χ2v) is 6.03. The van der Waals surface area contributed by atoms with Gasteiger partial charge >= 0.3 is 0 Å². The molecule has 1 aliphatic heterocycles. The van der Waals surface area contributed by atoms with Gasteiger partial charge in [-0.15, -0.1) is 0 Å². The van der Waals surface area contributed by atoms with E-state index < -0.39 is 0 Å². The first-order valence-electron chi connectivity index (χ1n) is 6.66. The van der Waals surface area contributed by atoms with Gasteiger partial charge in [-0.05, 0) is 46.9 Å². The molecule has 0 saturated carbocycles. The van der Waals surface area contributed by atoms with Crippen LogP contribution in [0.1, 0.15) is 28.4 Å². The highest BCUT2D eigenvalue weighted by atomic mass is 127. The molecule has 0 bridgehead atoms. The van der Waals surface area contributed by atoms with Crippen molar-refractivity contribution in [3.63, 3.8) is 0 Å². The highest BCUT2D eigenvalue weighted by Gasteiger charge is 2.23. The van der Waals surface area contributed by atoms with Crippen LogP contribution >= 0.6 is 22.6 Å². The van der Waals surface area contributed by atoms with Gasteiger partial charge < -0.3 is 15.2 Å². The molecule has 1 aliphatic rings. The molecule has 2 aromatic carbocycles. The second kappa shape index (κ2) is 5.93. The Bertz CT molecular complexity index is 687. The van der Waals surface area contributed by atoms with Crippen LogP contribution in [0.15, 0.2) is 42.5 Å². The third-order valence-corrected chi connectivity index (χ3v) is 4.38. The summed E-state index contributed by atoms with van der Waals surface area (Å²) in [5.74, 6) is 0.749. The molecule has 0 aliphatic carbocycles. The van der Waals surface area contributed by atoms with E-state index in [-0.39, 0.29) is 17.7 Å². The lowest BCUT2D eigenvalue weighted by atomic mass is 10.00. The molecule has 1 unspecified atom stereocenters. The van der Waals surface area contributed by atoms with Crippen LogP contribution in [0, 0.1) is 3.57 Å². The lowest BCUT2D eigenvalue weighted by Gasteiger charge is -2.26. The summed E-state index contributed by atoms with van der Waals surface area (Å²) in [5, 5.41) is 12.7. The molecule has 0 radical (unpaired) electrons. The quantitative estimate of drug-likeness (QED) is 0.768. The first-order chi connectivity index (χ1) is 10.1. The summed E-state index contributed by atoms with van der Waals surface area (Å²) < 4.78 is 6.31. The normalized spacial score (nSPS) is 16.7. The van der Waals surface area contributed by atoms with Crippen molar-refractivity contribution in [1.82, 2.24) is 5.32 Å². The number of fused-ring (bicyclic) bond motifs is 1. The fourth-order valence-corrected chi connectivity index (χ4v) is 2.72. The summed E-state index contributed by atoms with van der Waals surface area (Å²) in [6, 6.07) is 12.6. The topological polar surface area (TPSA) is 58.6 Å². The average molecular weight is 395 g/mol. The van der Waals surface area contributed by atoms with Crippen LogP contribution in [-0.2, 0) is 0 Å². The van der Waals surface area contributed by atoms with Crippen molar-refractivity contribution >= 4 is 28.5 Å². The van der Waals surface area contributed by atoms with Crippen LogP contribution in [0.4, 0.5) is 0 Å². The smallest absolute Gasteiger partial charge is 0.251 e. The Morgan fingerprint density at radius 2 is 2.10 bits per heavy atom. The maximum absolute atomic E-state index is 12.3. The summed E-state index contributed by atoms with van der Waals surface area (Å²) in [5.41, 5.74) is 1.45. The number of halogens is 1. The van der Waals surface area contributed by atoms with Crippen molar-refractivity contribution in [3.8, 4) is 11.5 Å². The minimum atomic E-state index is -0.191. The number of aromatic hydroxyl groups is 1. The predicted octanol–water partition coefficient (Wildman–Crippen LogP) is 3.25. The van der Waals surface area contributed by atoms with Crippen molar-refractivity contribution < 1.29 is 14.6 Å². The minimum absolute atomic E-state index is 0.0659. The number of carbonyl (C=O) groups is 1. The molecule has 0 aromatic heterocycles. The minimum Gasteiger partial charge on any atom is -0.507 e. The maximum atomic E-state index is 12.3. The van der Waals surface area contributed by atoms with E-state index in [4.69, 9.17) is 4.74 Å². The Morgan fingerprint density at radius 3 is 2.90 bits per heavy atom. The fraction of sp³-hybridized carbons (Fsp3) is 0.188. The zero-order valence-corrected chi connectivity index (χ0v) is 13.3. The molecule has 21 heavy (non-hydrogen) atoms. The SMILES string of the molecule is O=C(NC1CCOc2ccccc21)c1ccc(I)c(O)c1. The molecule has 2 aromatic rings. The summed E-state index contributed by atoms with van der Waals surface area (Å²) in [6.45, 7) is 0.583. The largest absolute Gasteiger partial charge is 0.507 e. The Labute approximate surface area is 136 Å². The van der Waals surface area contributed by atoms with Gasteiger partial charge in [0.15, 0.2) is 0 Å². The summed E-state index contributed by atoms with van der Waals surface area (Å²) in [4.78, 5) is 12.3. The summed E-state index contributed by atoms with van der Waals surface area (Å²) >= 11 is 2.02. The molecule has 0 saturated heterocycles. The number of benzene rings is 2. The molecule has 1 heterocycles. The van der Waals surface area contributed by atoms with E-state index >= 15 is 0 Å². The highest BCUT2D eigenvalue weighted by Crippen LogP contribution is 2.31. The third kappa shape index (κ3) is 2.97. The van der Waals surface area contributed by atoms with Crippen molar-refractivity contribution in [1.29, 1.82) is 0 Å². The number of rotatable bonds is 2. The number of hydrogen-bond acceptors (Lipinski definition) is 3. The lowest BCUT2D eigenvalue weighted by molar-refractivity contribution is 0.0924. The summed E-state index contributed by atoms with van der Waals surface area (Å²) in [6.07, 6.45) is 0.735. The van der Waals surface area contributed by atoms with Gasteiger partial charge in [-0.25, -0.2) is 0 Å². The second-order valence-electron chi connectivity index (χ2n) is 4.87. The van der Waals surface area contributed by atoms with Crippen LogP contribution in [0.2, 0.25) is 0 Å². The molecule has 0 spiro atoms. The fourth-order valence-electron chi connectivity index (χ4n) is 2.39. The molecule has 4 nitrogen and oxygen atoms in total. The standard InChI is InChI=1S/C16H14INO3/c17-12-6-5-10(9-14(12)19)16(20)18-13-7-8-21-15-4-2-1-3-11(13)15/h1-6,9,13,19H,7-8H2,(H,18,20). The molecule has 5 heteroatoms. The number of ether oxygens (including phenoxy) is 1. The van der Waals surface area contributed by atoms with Crippen molar-refractivity contribution in [2.75, 3.05) is 6.61 Å². The molecule has 1 atom stereocenters. The van der Waals surface area contributed by atoms with Gasteiger partial charge in [-0.1, -0.05) is 18.2 Å². The Morgan fingerprint density at radius 1 is 1.29 bits per heavy atom. The van der Waals surface area contributed by atoms with E-state index in [0.29, 0.717) is 12.2 Å². The van der Waals surface area contributed by atoms with Crippen molar-refractivity contribution in [2.45, 2.75) is 12.5 Å². The zero-order valence-electron chi connectivity index (χ0n) is 11.2. The van der Waals surface area contributed by atoms with Gasteiger partial charge in [-0.3, -0.25) is 4.79 Å². The van der Waals surface area contributed by atoms with E-state index in [1.807, 2.05) is 46.9 Å². The van der Waals surface area contributed by atoms with E-state index in [1.54, 1.807) is 12.1 Å². The van der Waals surface area contributed by atoms with Gasteiger partial charge in [-0.2, -0.15) is 0 Å². The van der Waals surface area contributed by atoms with Crippen LogP contribution in [-0.4, -0.2) is 17.6 Å². The van der Waals surface area contributed by atoms with Gasteiger partial charge in [0.1, 0.15) is 11.5 Å². The average Bonchev–Trinajstić information content (AvgIpc) is 2.50. The van der Waals surface area contributed by atoms with Gasteiger partial charge in [0, 0.05) is 17.5 Å². The Hall–Kier alpha value is -1.76. The van der Waals surface area contributed by atoms with E-state index in [9.17, 15) is 9.90 Å². The van der Waals surface area contributed by atoms with E-state index in [0.717, 1.165) is 21.3 Å². The Balaban J connectivity index is 1.81.